The second-order valence-corrected chi connectivity index (χ2v) is 7.15. The molecule has 138 valence electrons. The Hall–Kier alpha value is -0.860. The van der Waals surface area contributed by atoms with Crippen LogP contribution < -0.4 is 10.6 Å². The first-order valence-corrected chi connectivity index (χ1v) is 9.23. The van der Waals surface area contributed by atoms with Crippen LogP contribution in [-0.2, 0) is 17.7 Å². The van der Waals surface area contributed by atoms with Crippen LogP contribution in [-0.4, -0.2) is 55.8 Å². The third kappa shape index (κ3) is 4.46. The largest absolute Gasteiger partial charge is 0.373 e. The molecule has 1 aromatic carbocycles. The van der Waals surface area contributed by atoms with Crippen molar-refractivity contribution in [2.45, 2.75) is 50.5 Å². The zero-order valence-corrected chi connectivity index (χ0v) is 17.2. The summed E-state index contributed by atoms with van der Waals surface area (Å²) in [6.45, 7) is 4.17. The van der Waals surface area contributed by atoms with E-state index < -0.39 is 0 Å². The lowest BCUT2D eigenvalue weighted by Crippen LogP contribution is -2.49. The van der Waals surface area contributed by atoms with Crippen molar-refractivity contribution in [2.75, 3.05) is 26.7 Å². The van der Waals surface area contributed by atoms with Gasteiger partial charge in [0.05, 0.1) is 18.2 Å². The van der Waals surface area contributed by atoms with E-state index in [0.29, 0.717) is 18.2 Å². The second kappa shape index (κ2) is 8.68. The Labute approximate surface area is 167 Å². The predicted molar refractivity (Wildman–Crippen MR) is 112 cm³/mol. The molecule has 2 bridgehead atoms. The minimum atomic E-state index is 0. The lowest BCUT2D eigenvalue weighted by molar-refractivity contribution is 0.0992. The summed E-state index contributed by atoms with van der Waals surface area (Å²) in [5, 5.41) is 7.01. The molecular weight excluding hydrogens is 427 g/mol. The summed E-state index contributed by atoms with van der Waals surface area (Å²) in [6.07, 6.45) is 5.55. The van der Waals surface area contributed by atoms with Crippen LogP contribution in [0.2, 0.25) is 0 Å². The van der Waals surface area contributed by atoms with E-state index in [9.17, 15) is 0 Å². The van der Waals surface area contributed by atoms with Crippen LogP contribution in [0.3, 0.4) is 0 Å². The van der Waals surface area contributed by atoms with Gasteiger partial charge in [-0.3, -0.25) is 9.89 Å². The van der Waals surface area contributed by atoms with Gasteiger partial charge in [0.15, 0.2) is 5.96 Å². The van der Waals surface area contributed by atoms with Gasteiger partial charge < -0.3 is 15.4 Å². The van der Waals surface area contributed by atoms with Gasteiger partial charge in [-0.2, -0.15) is 0 Å². The van der Waals surface area contributed by atoms with E-state index in [4.69, 9.17) is 4.74 Å². The average molecular weight is 456 g/mol. The van der Waals surface area contributed by atoms with E-state index in [0.717, 1.165) is 45.0 Å². The first kappa shape index (κ1) is 18.9. The number of fused-ring (bicyclic) bond motifs is 3. The zero-order chi connectivity index (χ0) is 16.4. The molecule has 3 aliphatic rings. The maximum atomic E-state index is 5.91. The van der Waals surface area contributed by atoms with Crippen molar-refractivity contribution in [1.82, 2.24) is 15.5 Å². The molecule has 2 N–H and O–H groups in total. The third-order valence-corrected chi connectivity index (χ3v) is 5.58. The minimum absolute atomic E-state index is 0. The summed E-state index contributed by atoms with van der Waals surface area (Å²) >= 11 is 0. The molecule has 25 heavy (non-hydrogen) atoms. The van der Waals surface area contributed by atoms with Crippen molar-refractivity contribution in [3.8, 4) is 0 Å². The summed E-state index contributed by atoms with van der Waals surface area (Å²) in [6, 6.07) is 9.23. The smallest absolute Gasteiger partial charge is 0.191 e. The summed E-state index contributed by atoms with van der Waals surface area (Å²) < 4.78 is 5.91. The van der Waals surface area contributed by atoms with Crippen LogP contribution in [0, 0.1) is 0 Å². The molecule has 6 heteroatoms. The van der Waals surface area contributed by atoms with E-state index in [1.807, 2.05) is 7.05 Å². The van der Waals surface area contributed by atoms with Crippen LogP contribution in [0.4, 0.5) is 0 Å². The average Bonchev–Trinajstić information content (AvgIpc) is 3.23. The Balaban J connectivity index is 0.00000182. The van der Waals surface area contributed by atoms with Gasteiger partial charge in [0.25, 0.3) is 0 Å². The van der Waals surface area contributed by atoms with Crippen molar-refractivity contribution >= 4 is 29.9 Å². The quantitative estimate of drug-likeness (QED) is 0.414. The summed E-state index contributed by atoms with van der Waals surface area (Å²) in [7, 11) is 1.85. The SMILES string of the molecule is CN=C(NCCN1CCc2ccccc2C1)NC1CC2CCC1O2.I. The number of halogens is 1. The van der Waals surface area contributed by atoms with Gasteiger partial charge in [0.1, 0.15) is 0 Å². The van der Waals surface area contributed by atoms with Crippen LogP contribution in [0.5, 0.6) is 0 Å². The summed E-state index contributed by atoms with van der Waals surface area (Å²) in [5.41, 5.74) is 2.99. The fraction of sp³-hybridized carbons (Fsp3) is 0.632. The van der Waals surface area contributed by atoms with Crippen LogP contribution in [0.15, 0.2) is 29.3 Å². The number of benzene rings is 1. The van der Waals surface area contributed by atoms with Gasteiger partial charge in [-0.1, -0.05) is 24.3 Å². The molecule has 0 spiro atoms. The van der Waals surface area contributed by atoms with Gasteiger partial charge in [-0.25, -0.2) is 0 Å². The maximum Gasteiger partial charge on any atom is 0.191 e. The summed E-state index contributed by atoms with van der Waals surface area (Å²) in [4.78, 5) is 6.89. The Morgan fingerprint density at radius 3 is 2.84 bits per heavy atom. The van der Waals surface area contributed by atoms with Crippen LogP contribution in [0.25, 0.3) is 0 Å². The lowest BCUT2D eigenvalue weighted by Gasteiger charge is -2.29. The van der Waals surface area contributed by atoms with E-state index in [1.165, 1.54) is 24.0 Å². The van der Waals surface area contributed by atoms with E-state index in [-0.39, 0.29) is 24.0 Å². The molecular formula is C19H29IN4O. The number of hydrogen-bond donors (Lipinski definition) is 2. The van der Waals surface area contributed by atoms with Crippen molar-refractivity contribution in [3.05, 3.63) is 35.4 Å². The Morgan fingerprint density at radius 2 is 2.12 bits per heavy atom. The molecule has 3 heterocycles. The van der Waals surface area contributed by atoms with Crippen molar-refractivity contribution in [1.29, 1.82) is 0 Å². The predicted octanol–water partition coefficient (Wildman–Crippen LogP) is 2.15. The Morgan fingerprint density at radius 1 is 1.28 bits per heavy atom. The monoisotopic (exact) mass is 456 g/mol. The molecule has 0 saturated carbocycles. The number of rotatable bonds is 4. The second-order valence-electron chi connectivity index (χ2n) is 7.15. The molecule has 2 saturated heterocycles. The van der Waals surface area contributed by atoms with Crippen molar-refractivity contribution in [2.24, 2.45) is 4.99 Å². The van der Waals surface area contributed by atoms with Crippen molar-refractivity contribution < 1.29 is 4.74 Å². The van der Waals surface area contributed by atoms with E-state index in [2.05, 4.69) is 44.8 Å². The van der Waals surface area contributed by atoms with Gasteiger partial charge in [-0.05, 0) is 36.8 Å². The zero-order valence-electron chi connectivity index (χ0n) is 14.9. The molecule has 3 unspecified atom stereocenters. The van der Waals surface area contributed by atoms with Crippen molar-refractivity contribution in [3.63, 3.8) is 0 Å². The molecule has 0 aliphatic carbocycles. The first-order chi connectivity index (χ1) is 11.8. The highest BCUT2D eigenvalue weighted by Crippen LogP contribution is 2.34. The third-order valence-electron chi connectivity index (χ3n) is 5.58. The van der Waals surface area contributed by atoms with Gasteiger partial charge in [0.2, 0.25) is 0 Å². The Bertz CT molecular complexity index is 609. The highest BCUT2D eigenvalue weighted by atomic mass is 127. The number of hydrogen-bond acceptors (Lipinski definition) is 3. The number of nitrogens with one attached hydrogen (secondary N) is 2. The molecule has 2 fully saturated rings. The molecule has 0 aromatic heterocycles. The van der Waals surface area contributed by atoms with E-state index in [1.54, 1.807) is 0 Å². The molecule has 3 aliphatic heterocycles. The van der Waals surface area contributed by atoms with Gasteiger partial charge in [-0.15, -0.1) is 24.0 Å². The molecule has 0 amide bonds. The highest BCUT2D eigenvalue weighted by molar-refractivity contribution is 14.0. The van der Waals surface area contributed by atoms with E-state index >= 15 is 0 Å². The first-order valence-electron chi connectivity index (χ1n) is 9.23. The van der Waals surface area contributed by atoms with Gasteiger partial charge >= 0.3 is 0 Å². The number of nitrogens with zero attached hydrogens (tertiary/aromatic N) is 2. The topological polar surface area (TPSA) is 48.9 Å². The lowest BCUT2D eigenvalue weighted by atomic mass is 9.96. The molecule has 4 rings (SSSR count). The highest BCUT2D eigenvalue weighted by Gasteiger charge is 2.41. The van der Waals surface area contributed by atoms with Gasteiger partial charge in [0, 0.05) is 33.2 Å². The molecule has 5 nitrogen and oxygen atoms in total. The van der Waals surface area contributed by atoms with Crippen LogP contribution in [0.1, 0.15) is 30.4 Å². The molecule has 3 atom stereocenters. The number of aliphatic imine (C=N–C) groups is 1. The molecule has 0 radical (unpaired) electrons. The molecule has 1 aromatic rings. The maximum absolute atomic E-state index is 5.91. The normalized spacial score (nSPS) is 28.4. The van der Waals surface area contributed by atoms with Crippen LogP contribution >= 0.6 is 24.0 Å². The fourth-order valence-electron chi connectivity index (χ4n) is 4.24. The summed E-state index contributed by atoms with van der Waals surface area (Å²) in [5.74, 6) is 0.911. The number of guanidine groups is 1. The Kier molecular flexibility index (Phi) is 6.57. The minimum Gasteiger partial charge on any atom is -0.373 e. The standard InChI is InChI=1S/C19H28N4O.HI/c1-20-19(22-17-12-16-6-7-18(17)24-16)21-9-11-23-10-8-14-4-2-3-5-15(14)13-23;/h2-5,16-18H,6-13H2,1H3,(H2,20,21,22);1H. The fourth-order valence-corrected chi connectivity index (χ4v) is 4.24. The number of ether oxygens (including phenoxy) is 1.